The zero-order valence-electron chi connectivity index (χ0n) is 10.3. The van der Waals surface area contributed by atoms with Crippen molar-refractivity contribution in [3.8, 4) is 5.75 Å². The van der Waals surface area contributed by atoms with E-state index in [1.165, 1.54) is 13.2 Å². The minimum Gasteiger partial charge on any atom is -0.497 e. The Bertz CT molecular complexity index is 398. The van der Waals surface area contributed by atoms with Gasteiger partial charge in [0.05, 0.1) is 7.11 Å². The zero-order chi connectivity index (χ0) is 12.8. The van der Waals surface area contributed by atoms with E-state index in [1.54, 1.807) is 18.4 Å². The minimum absolute atomic E-state index is 0.0994. The molecule has 1 rings (SSSR count). The van der Waals surface area contributed by atoms with E-state index >= 15 is 0 Å². The highest BCUT2D eigenvalue weighted by atomic mass is 32.2. The van der Waals surface area contributed by atoms with Crippen molar-refractivity contribution in [3.63, 3.8) is 0 Å². The van der Waals surface area contributed by atoms with Gasteiger partial charge >= 0.3 is 0 Å². The van der Waals surface area contributed by atoms with E-state index in [1.807, 2.05) is 6.92 Å². The molecule has 3 nitrogen and oxygen atoms in total. The van der Waals surface area contributed by atoms with Crippen LogP contribution in [0.15, 0.2) is 18.2 Å². The van der Waals surface area contributed by atoms with Crippen LogP contribution in [-0.2, 0) is 17.3 Å². The van der Waals surface area contributed by atoms with Crippen LogP contribution in [0.5, 0.6) is 5.75 Å². The molecular weight excluding hydrogens is 241 g/mol. The van der Waals surface area contributed by atoms with Crippen molar-refractivity contribution >= 4 is 10.8 Å². The molecular formula is C12H18FNO2S. The molecule has 0 radical (unpaired) electrons. The Balaban J connectivity index is 2.54. The largest absolute Gasteiger partial charge is 0.497 e. The van der Waals surface area contributed by atoms with E-state index in [4.69, 9.17) is 4.74 Å². The number of rotatable bonds is 6. The van der Waals surface area contributed by atoms with Crippen LogP contribution in [0.2, 0.25) is 0 Å². The average molecular weight is 259 g/mol. The summed E-state index contributed by atoms with van der Waals surface area (Å²) >= 11 is 0. The van der Waals surface area contributed by atoms with Gasteiger partial charge in [-0.25, -0.2) is 4.39 Å². The van der Waals surface area contributed by atoms with Crippen molar-refractivity contribution < 1.29 is 13.3 Å². The maximum atomic E-state index is 13.6. The van der Waals surface area contributed by atoms with Crippen LogP contribution in [0, 0.1) is 5.82 Å². The fourth-order valence-electron chi connectivity index (χ4n) is 1.49. The molecule has 2 unspecified atom stereocenters. The first-order valence-electron chi connectivity index (χ1n) is 5.38. The van der Waals surface area contributed by atoms with Crippen LogP contribution in [0.1, 0.15) is 12.5 Å². The summed E-state index contributed by atoms with van der Waals surface area (Å²) in [7, 11) is 0.665. The molecule has 0 bridgehead atoms. The quantitative estimate of drug-likeness (QED) is 0.845. The van der Waals surface area contributed by atoms with Crippen LogP contribution in [-0.4, -0.2) is 29.4 Å². The summed E-state index contributed by atoms with van der Waals surface area (Å²) in [5.74, 6) is 0.785. The number of hydrogen-bond donors (Lipinski definition) is 1. The van der Waals surface area contributed by atoms with Gasteiger partial charge in [-0.2, -0.15) is 0 Å². The van der Waals surface area contributed by atoms with Crippen molar-refractivity contribution in [1.82, 2.24) is 5.32 Å². The molecule has 0 aliphatic heterocycles. The van der Waals surface area contributed by atoms with Gasteiger partial charge in [-0.05, 0) is 13.0 Å². The van der Waals surface area contributed by atoms with E-state index in [0.29, 0.717) is 23.6 Å². The highest BCUT2D eigenvalue weighted by Crippen LogP contribution is 2.16. The second kappa shape index (κ2) is 6.71. The minimum atomic E-state index is -0.840. The van der Waals surface area contributed by atoms with Crippen LogP contribution in [0.3, 0.4) is 0 Å². The van der Waals surface area contributed by atoms with E-state index in [9.17, 15) is 8.60 Å². The molecule has 96 valence electrons. The van der Waals surface area contributed by atoms with Crippen molar-refractivity contribution in [2.45, 2.75) is 19.5 Å². The summed E-state index contributed by atoms with van der Waals surface area (Å²) in [4.78, 5) is 0. The molecule has 0 saturated carbocycles. The number of ether oxygens (including phenoxy) is 1. The molecule has 0 saturated heterocycles. The maximum Gasteiger partial charge on any atom is 0.131 e. The third-order valence-electron chi connectivity index (χ3n) is 2.39. The topological polar surface area (TPSA) is 38.3 Å². The first-order chi connectivity index (χ1) is 8.02. The van der Waals surface area contributed by atoms with Gasteiger partial charge in [0.15, 0.2) is 0 Å². The number of hydrogen-bond acceptors (Lipinski definition) is 3. The normalized spacial score (nSPS) is 14.4. The number of methoxy groups -OCH3 is 1. The van der Waals surface area contributed by atoms with Crippen LogP contribution >= 0.6 is 0 Å². The van der Waals surface area contributed by atoms with E-state index in [2.05, 4.69) is 5.32 Å². The van der Waals surface area contributed by atoms with Crippen molar-refractivity contribution in [2.75, 3.05) is 19.1 Å². The molecule has 1 aromatic rings. The summed E-state index contributed by atoms with van der Waals surface area (Å²) < 4.78 is 29.5. The number of nitrogens with one attached hydrogen (secondary N) is 1. The highest BCUT2D eigenvalue weighted by molar-refractivity contribution is 7.84. The Kier molecular flexibility index (Phi) is 5.58. The molecule has 0 spiro atoms. The van der Waals surface area contributed by atoms with Crippen LogP contribution in [0.25, 0.3) is 0 Å². The summed E-state index contributed by atoms with van der Waals surface area (Å²) in [6.07, 6.45) is 1.66. The fraction of sp³-hybridized carbons (Fsp3) is 0.500. The fourth-order valence-corrected chi connectivity index (χ4v) is 2.32. The van der Waals surface area contributed by atoms with Gasteiger partial charge in [0.25, 0.3) is 0 Å². The molecule has 0 aliphatic carbocycles. The lowest BCUT2D eigenvalue weighted by molar-refractivity contribution is 0.410. The van der Waals surface area contributed by atoms with Gasteiger partial charge in [-0.1, -0.05) is 6.07 Å². The first kappa shape index (κ1) is 14.1. The van der Waals surface area contributed by atoms with Gasteiger partial charge in [0.1, 0.15) is 11.6 Å². The van der Waals surface area contributed by atoms with Crippen molar-refractivity contribution in [1.29, 1.82) is 0 Å². The lowest BCUT2D eigenvalue weighted by Gasteiger charge is -2.13. The van der Waals surface area contributed by atoms with E-state index in [-0.39, 0.29) is 11.9 Å². The molecule has 0 aromatic heterocycles. The first-order valence-corrected chi connectivity index (χ1v) is 7.11. The van der Waals surface area contributed by atoms with Gasteiger partial charge in [0.2, 0.25) is 0 Å². The summed E-state index contributed by atoms with van der Waals surface area (Å²) in [6.45, 7) is 2.36. The third-order valence-corrected chi connectivity index (χ3v) is 3.36. The second-order valence-electron chi connectivity index (χ2n) is 3.98. The van der Waals surface area contributed by atoms with Gasteiger partial charge in [-0.15, -0.1) is 0 Å². The van der Waals surface area contributed by atoms with Crippen molar-refractivity contribution in [3.05, 3.63) is 29.6 Å². The van der Waals surface area contributed by atoms with E-state index < -0.39 is 10.8 Å². The van der Waals surface area contributed by atoms with Gasteiger partial charge < -0.3 is 10.1 Å². The predicted octanol–water partition coefficient (Wildman–Crippen LogP) is 1.69. The lowest BCUT2D eigenvalue weighted by atomic mass is 10.2. The monoisotopic (exact) mass is 259 g/mol. The lowest BCUT2D eigenvalue weighted by Crippen LogP contribution is -2.30. The molecule has 0 amide bonds. The maximum absolute atomic E-state index is 13.6. The average Bonchev–Trinajstić information content (AvgIpc) is 2.26. The Morgan fingerprint density at radius 2 is 2.24 bits per heavy atom. The van der Waals surface area contributed by atoms with Crippen molar-refractivity contribution in [2.24, 2.45) is 0 Å². The van der Waals surface area contributed by atoms with Gasteiger partial charge in [-0.3, -0.25) is 4.21 Å². The molecule has 5 heteroatoms. The standard InChI is InChI=1S/C12H18FNO2S/c1-9(8-17(3)15)14-7-10-4-5-11(16-2)6-12(10)13/h4-6,9,14H,7-8H2,1-3H3. The summed E-state index contributed by atoms with van der Waals surface area (Å²) in [6, 6.07) is 4.88. The molecule has 0 fully saturated rings. The molecule has 0 aliphatic rings. The van der Waals surface area contributed by atoms with Crippen LogP contribution < -0.4 is 10.1 Å². The predicted molar refractivity (Wildman–Crippen MR) is 68.2 cm³/mol. The van der Waals surface area contributed by atoms with Gasteiger partial charge in [0, 0.05) is 47.0 Å². The second-order valence-corrected chi connectivity index (χ2v) is 5.46. The SMILES string of the molecule is COc1ccc(CNC(C)CS(C)=O)c(F)c1. The summed E-state index contributed by atoms with van der Waals surface area (Å²) in [5.41, 5.74) is 0.583. The molecule has 0 heterocycles. The molecule has 17 heavy (non-hydrogen) atoms. The van der Waals surface area contributed by atoms with Crippen LogP contribution in [0.4, 0.5) is 4.39 Å². The molecule has 1 aromatic carbocycles. The Hall–Kier alpha value is -0.940. The summed E-state index contributed by atoms with van der Waals surface area (Å²) in [5, 5.41) is 3.13. The number of benzene rings is 1. The van der Waals surface area contributed by atoms with E-state index in [0.717, 1.165) is 0 Å². The number of halogens is 1. The smallest absolute Gasteiger partial charge is 0.131 e. The molecule has 2 atom stereocenters. The Morgan fingerprint density at radius 3 is 2.76 bits per heavy atom. The molecule has 1 N–H and O–H groups in total. The Morgan fingerprint density at radius 1 is 1.53 bits per heavy atom. The zero-order valence-corrected chi connectivity index (χ0v) is 11.1. The third kappa shape index (κ3) is 4.83. The Labute approximate surface area is 104 Å². The highest BCUT2D eigenvalue weighted by Gasteiger charge is 2.07.